The molecule has 1 aromatic carbocycles. The summed E-state index contributed by atoms with van der Waals surface area (Å²) in [5.41, 5.74) is 3.13. The van der Waals surface area contributed by atoms with Crippen molar-refractivity contribution in [3.63, 3.8) is 0 Å². The van der Waals surface area contributed by atoms with Crippen molar-refractivity contribution in [3.05, 3.63) is 58.4 Å². The molecule has 0 bridgehead atoms. The highest BCUT2D eigenvalue weighted by molar-refractivity contribution is 6.08. The molecule has 0 aliphatic carbocycles. The van der Waals surface area contributed by atoms with Gasteiger partial charge in [0.1, 0.15) is 0 Å². The van der Waals surface area contributed by atoms with Crippen molar-refractivity contribution in [2.75, 3.05) is 5.32 Å². The largest absolute Gasteiger partial charge is 0.478 e. The molecule has 0 fully saturated rings. The van der Waals surface area contributed by atoms with E-state index in [0.717, 1.165) is 11.3 Å². The van der Waals surface area contributed by atoms with Crippen LogP contribution in [0.1, 0.15) is 37.5 Å². The minimum absolute atomic E-state index is 0.0895. The second-order valence-corrected chi connectivity index (χ2v) is 4.95. The number of hydrogen-bond donors (Lipinski definition) is 2. The molecule has 0 unspecified atom stereocenters. The van der Waals surface area contributed by atoms with Gasteiger partial charge >= 0.3 is 5.97 Å². The van der Waals surface area contributed by atoms with Gasteiger partial charge in [-0.15, -0.1) is 0 Å². The predicted molar refractivity (Wildman–Crippen MR) is 79.8 cm³/mol. The molecule has 21 heavy (non-hydrogen) atoms. The monoisotopic (exact) mass is 284 g/mol. The molecule has 1 aromatic heterocycles. The minimum Gasteiger partial charge on any atom is -0.478 e. The normalized spacial score (nSPS) is 10.2. The SMILES string of the molecule is Cc1cc(C)c(NC(=O)c2ccnc(C)c2)c(C(=O)O)c1. The molecule has 2 N–H and O–H groups in total. The zero-order valence-corrected chi connectivity index (χ0v) is 12.1. The maximum Gasteiger partial charge on any atom is 0.337 e. The first-order valence-electron chi connectivity index (χ1n) is 6.47. The van der Waals surface area contributed by atoms with Gasteiger partial charge in [0.05, 0.1) is 11.3 Å². The van der Waals surface area contributed by atoms with Gasteiger partial charge < -0.3 is 10.4 Å². The van der Waals surface area contributed by atoms with Crippen LogP contribution in [0.5, 0.6) is 0 Å². The number of carboxylic acid groups (broad SMARTS) is 1. The number of aromatic nitrogens is 1. The molecule has 1 amide bonds. The fraction of sp³-hybridized carbons (Fsp3) is 0.188. The lowest BCUT2D eigenvalue weighted by Crippen LogP contribution is -2.16. The van der Waals surface area contributed by atoms with Crippen LogP contribution in [-0.4, -0.2) is 22.0 Å². The molecule has 5 heteroatoms. The predicted octanol–water partition coefficient (Wildman–Crippen LogP) is 2.96. The first kappa shape index (κ1) is 14.7. The van der Waals surface area contributed by atoms with E-state index in [4.69, 9.17) is 0 Å². The second-order valence-electron chi connectivity index (χ2n) is 4.95. The van der Waals surface area contributed by atoms with E-state index in [1.54, 1.807) is 38.2 Å². The van der Waals surface area contributed by atoms with E-state index in [2.05, 4.69) is 10.3 Å². The summed E-state index contributed by atoms with van der Waals surface area (Å²) in [6, 6.07) is 6.62. The Labute approximate surface area is 122 Å². The Bertz CT molecular complexity index is 723. The molecule has 0 aliphatic heterocycles. The third-order valence-corrected chi connectivity index (χ3v) is 3.11. The first-order valence-corrected chi connectivity index (χ1v) is 6.47. The van der Waals surface area contributed by atoms with Crippen molar-refractivity contribution in [2.24, 2.45) is 0 Å². The number of carboxylic acids is 1. The Hall–Kier alpha value is -2.69. The summed E-state index contributed by atoms with van der Waals surface area (Å²) < 4.78 is 0. The van der Waals surface area contributed by atoms with E-state index in [1.165, 1.54) is 0 Å². The number of nitrogens with zero attached hydrogens (tertiary/aromatic N) is 1. The molecular weight excluding hydrogens is 268 g/mol. The molecule has 2 rings (SSSR count). The Morgan fingerprint density at radius 2 is 1.86 bits per heavy atom. The van der Waals surface area contributed by atoms with Crippen molar-refractivity contribution in [3.8, 4) is 0 Å². The topological polar surface area (TPSA) is 79.3 Å². The number of anilines is 1. The number of rotatable bonds is 3. The van der Waals surface area contributed by atoms with Crippen molar-refractivity contribution in [1.29, 1.82) is 0 Å². The van der Waals surface area contributed by atoms with Crippen LogP contribution in [0.3, 0.4) is 0 Å². The summed E-state index contributed by atoms with van der Waals surface area (Å²) in [5, 5.41) is 12.0. The zero-order valence-electron chi connectivity index (χ0n) is 12.1. The van der Waals surface area contributed by atoms with Crippen LogP contribution in [0.25, 0.3) is 0 Å². The van der Waals surface area contributed by atoms with Crippen LogP contribution >= 0.6 is 0 Å². The van der Waals surface area contributed by atoms with Crippen molar-refractivity contribution in [1.82, 2.24) is 4.98 Å². The molecule has 0 saturated carbocycles. The molecule has 0 atom stereocenters. The second kappa shape index (κ2) is 5.75. The number of carbonyl (C=O) groups is 2. The molecule has 0 spiro atoms. The van der Waals surface area contributed by atoms with E-state index >= 15 is 0 Å². The van der Waals surface area contributed by atoms with Gasteiger partial charge in [-0.2, -0.15) is 0 Å². The van der Waals surface area contributed by atoms with Crippen molar-refractivity contribution < 1.29 is 14.7 Å². The van der Waals surface area contributed by atoms with Crippen LogP contribution in [0.2, 0.25) is 0 Å². The Balaban J connectivity index is 2.39. The molecule has 108 valence electrons. The average molecular weight is 284 g/mol. The fourth-order valence-electron chi connectivity index (χ4n) is 2.17. The zero-order chi connectivity index (χ0) is 15.6. The van der Waals surface area contributed by atoms with E-state index < -0.39 is 5.97 Å². The quantitative estimate of drug-likeness (QED) is 0.908. The van der Waals surface area contributed by atoms with E-state index in [1.807, 2.05) is 13.0 Å². The number of hydrogen-bond acceptors (Lipinski definition) is 3. The molecule has 1 heterocycles. The molecule has 0 saturated heterocycles. The van der Waals surface area contributed by atoms with Gasteiger partial charge in [-0.3, -0.25) is 9.78 Å². The van der Waals surface area contributed by atoms with Crippen molar-refractivity contribution in [2.45, 2.75) is 20.8 Å². The van der Waals surface area contributed by atoms with Crippen LogP contribution in [0.15, 0.2) is 30.5 Å². The number of pyridine rings is 1. The number of amides is 1. The third kappa shape index (κ3) is 3.25. The number of aryl methyl sites for hydroxylation is 3. The number of benzene rings is 1. The van der Waals surface area contributed by atoms with Gasteiger partial charge in [-0.25, -0.2) is 4.79 Å². The van der Waals surface area contributed by atoms with Gasteiger partial charge in [-0.1, -0.05) is 6.07 Å². The lowest BCUT2D eigenvalue weighted by Gasteiger charge is -2.13. The smallest absolute Gasteiger partial charge is 0.337 e. The fourth-order valence-corrected chi connectivity index (χ4v) is 2.17. The molecule has 0 aliphatic rings. The standard InChI is InChI=1S/C16H16N2O3/c1-9-6-10(2)14(13(7-9)16(20)21)18-15(19)12-4-5-17-11(3)8-12/h4-8H,1-3H3,(H,18,19)(H,20,21). The maximum atomic E-state index is 12.2. The van der Waals surface area contributed by atoms with Crippen LogP contribution in [0.4, 0.5) is 5.69 Å². The molecule has 0 radical (unpaired) electrons. The third-order valence-electron chi connectivity index (χ3n) is 3.11. The summed E-state index contributed by atoms with van der Waals surface area (Å²) >= 11 is 0. The van der Waals surface area contributed by atoms with E-state index in [9.17, 15) is 14.7 Å². The summed E-state index contributed by atoms with van der Waals surface area (Å²) in [5.74, 6) is -1.42. The number of carbonyl (C=O) groups excluding carboxylic acids is 1. The van der Waals surface area contributed by atoms with Crippen molar-refractivity contribution >= 4 is 17.6 Å². The molecule has 5 nitrogen and oxygen atoms in total. The molecule has 2 aromatic rings. The highest BCUT2D eigenvalue weighted by atomic mass is 16.4. The summed E-state index contributed by atoms with van der Waals surface area (Å²) in [6.45, 7) is 5.38. The summed E-state index contributed by atoms with van der Waals surface area (Å²) in [6.07, 6.45) is 1.55. The van der Waals surface area contributed by atoms with Gasteiger partial charge in [-0.05, 0) is 50.1 Å². The summed E-state index contributed by atoms with van der Waals surface area (Å²) in [7, 11) is 0. The van der Waals surface area contributed by atoms with Crippen LogP contribution < -0.4 is 5.32 Å². The lowest BCUT2D eigenvalue weighted by atomic mass is 10.0. The van der Waals surface area contributed by atoms with Crippen LogP contribution in [-0.2, 0) is 0 Å². The average Bonchev–Trinajstić information content (AvgIpc) is 2.41. The Morgan fingerprint density at radius 1 is 1.14 bits per heavy atom. The van der Waals surface area contributed by atoms with Crippen LogP contribution in [0, 0.1) is 20.8 Å². The highest BCUT2D eigenvalue weighted by Crippen LogP contribution is 2.23. The lowest BCUT2D eigenvalue weighted by molar-refractivity contribution is 0.0698. The van der Waals surface area contributed by atoms with E-state index in [-0.39, 0.29) is 11.5 Å². The first-order chi connectivity index (χ1) is 9.88. The number of aromatic carboxylic acids is 1. The maximum absolute atomic E-state index is 12.2. The van der Waals surface area contributed by atoms with Gasteiger partial charge in [0.15, 0.2) is 0 Å². The van der Waals surface area contributed by atoms with E-state index in [0.29, 0.717) is 16.8 Å². The Kier molecular flexibility index (Phi) is 4.03. The Morgan fingerprint density at radius 3 is 2.48 bits per heavy atom. The minimum atomic E-state index is -1.07. The van der Waals surface area contributed by atoms with Gasteiger partial charge in [0, 0.05) is 17.5 Å². The summed E-state index contributed by atoms with van der Waals surface area (Å²) in [4.78, 5) is 27.6. The number of nitrogens with one attached hydrogen (secondary N) is 1. The highest BCUT2D eigenvalue weighted by Gasteiger charge is 2.16. The van der Waals surface area contributed by atoms with Gasteiger partial charge in [0.2, 0.25) is 0 Å². The molecular formula is C16H16N2O3. The van der Waals surface area contributed by atoms with Gasteiger partial charge in [0.25, 0.3) is 5.91 Å².